The van der Waals surface area contributed by atoms with Gasteiger partial charge < -0.3 is 10.5 Å². The number of hydrogen-bond donors (Lipinski definition) is 2. The Hall–Kier alpha value is -2.21. The highest BCUT2D eigenvalue weighted by Gasteiger charge is 2.13. The van der Waals surface area contributed by atoms with Crippen LogP contribution in [0.25, 0.3) is 0 Å². The number of rotatable bonds is 4. The SMILES string of the molecule is COc1ccc(NS(=O)(=O)c2ccc(N)cc2)cc1. The number of anilines is 2. The van der Waals surface area contributed by atoms with Crippen LogP contribution in [0.2, 0.25) is 0 Å². The van der Waals surface area contributed by atoms with Crippen LogP contribution in [0, 0.1) is 0 Å². The number of methoxy groups -OCH3 is 1. The molecule has 0 saturated carbocycles. The van der Waals surface area contributed by atoms with Crippen LogP contribution in [0.15, 0.2) is 53.4 Å². The van der Waals surface area contributed by atoms with Gasteiger partial charge in [-0.15, -0.1) is 0 Å². The molecule has 6 heteroatoms. The number of nitrogen functional groups attached to an aromatic ring is 1. The predicted molar refractivity (Wildman–Crippen MR) is 74.7 cm³/mol. The van der Waals surface area contributed by atoms with Crippen molar-refractivity contribution < 1.29 is 13.2 Å². The Bertz CT molecular complexity index is 649. The molecule has 0 heterocycles. The van der Waals surface area contributed by atoms with Crippen molar-refractivity contribution in [1.82, 2.24) is 0 Å². The van der Waals surface area contributed by atoms with Crippen LogP contribution in [-0.2, 0) is 10.0 Å². The van der Waals surface area contributed by atoms with Crippen molar-refractivity contribution in [3.05, 3.63) is 48.5 Å². The number of nitrogens with two attached hydrogens (primary N) is 1. The molecule has 0 spiro atoms. The van der Waals surface area contributed by atoms with Gasteiger partial charge >= 0.3 is 0 Å². The minimum absolute atomic E-state index is 0.164. The quantitative estimate of drug-likeness (QED) is 0.839. The molecule has 2 aromatic carbocycles. The standard InChI is InChI=1S/C13H14N2O3S/c1-18-12-6-4-11(5-7-12)15-19(16,17)13-8-2-10(14)3-9-13/h2-9,15H,14H2,1H3. The summed E-state index contributed by atoms with van der Waals surface area (Å²) in [5.74, 6) is 0.662. The predicted octanol–water partition coefficient (Wildman–Crippen LogP) is 2.08. The van der Waals surface area contributed by atoms with E-state index < -0.39 is 10.0 Å². The minimum Gasteiger partial charge on any atom is -0.497 e. The van der Waals surface area contributed by atoms with Crippen molar-refractivity contribution >= 4 is 21.4 Å². The molecule has 0 bridgehead atoms. The van der Waals surface area contributed by atoms with Gasteiger partial charge in [0.25, 0.3) is 10.0 Å². The molecule has 0 amide bonds. The van der Waals surface area contributed by atoms with Gasteiger partial charge in [0, 0.05) is 11.4 Å². The topological polar surface area (TPSA) is 81.4 Å². The lowest BCUT2D eigenvalue weighted by atomic mass is 10.3. The molecule has 0 atom stereocenters. The summed E-state index contributed by atoms with van der Waals surface area (Å²) in [4.78, 5) is 0.164. The average Bonchev–Trinajstić information content (AvgIpc) is 2.40. The third-order valence-corrected chi connectivity index (χ3v) is 3.93. The number of nitrogens with one attached hydrogen (secondary N) is 1. The second-order valence-corrected chi connectivity index (χ2v) is 5.59. The van der Waals surface area contributed by atoms with E-state index in [2.05, 4.69) is 4.72 Å². The summed E-state index contributed by atoms with van der Waals surface area (Å²) in [5.41, 5.74) is 6.51. The van der Waals surface area contributed by atoms with Crippen molar-refractivity contribution in [2.75, 3.05) is 17.6 Å². The average molecular weight is 278 g/mol. The zero-order valence-electron chi connectivity index (χ0n) is 10.3. The van der Waals surface area contributed by atoms with Crippen LogP contribution in [0.5, 0.6) is 5.75 Å². The molecule has 0 aliphatic heterocycles. The summed E-state index contributed by atoms with van der Waals surface area (Å²) in [6.07, 6.45) is 0. The number of hydrogen-bond acceptors (Lipinski definition) is 4. The van der Waals surface area contributed by atoms with E-state index in [0.717, 1.165) is 0 Å². The lowest BCUT2D eigenvalue weighted by Gasteiger charge is -2.08. The lowest BCUT2D eigenvalue weighted by Crippen LogP contribution is -2.12. The fraction of sp³-hybridized carbons (Fsp3) is 0.0769. The van der Waals surface area contributed by atoms with Crippen LogP contribution in [0.1, 0.15) is 0 Å². The molecule has 5 nitrogen and oxygen atoms in total. The molecule has 19 heavy (non-hydrogen) atoms. The first kappa shape index (κ1) is 13.2. The lowest BCUT2D eigenvalue weighted by molar-refractivity contribution is 0.415. The zero-order chi connectivity index (χ0) is 13.9. The van der Waals surface area contributed by atoms with Gasteiger partial charge in [-0.05, 0) is 48.5 Å². The van der Waals surface area contributed by atoms with E-state index in [1.54, 1.807) is 43.5 Å². The summed E-state index contributed by atoms with van der Waals surface area (Å²) >= 11 is 0. The normalized spacial score (nSPS) is 11.0. The van der Waals surface area contributed by atoms with Gasteiger partial charge in [0.2, 0.25) is 0 Å². The van der Waals surface area contributed by atoms with Crippen LogP contribution >= 0.6 is 0 Å². The Morgan fingerprint density at radius 2 is 1.58 bits per heavy atom. The van der Waals surface area contributed by atoms with E-state index in [1.807, 2.05) is 0 Å². The van der Waals surface area contributed by atoms with Crippen molar-refractivity contribution in [3.63, 3.8) is 0 Å². The van der Waals surface area contributed by atoms with Crippen LogP contribution in [0.3, 0.4) is 0 Å². The van der Waals surface area contributed by atoms with Gasteiger partial charge in [-0.3, -0.25) is 4.72 Å². The first-order valence-corrected chi connectivity index (χ1v) is 7.02. The second-order valence-electron chi connectivity index (χ2n) is 3.90. The zero-order valence-corrected chi connectivity index (χ0v) is 11.1. The third-order valence-electron chi connectivity index (χ3n) is 2.53. The highest BCUT2D eigenvalue weighted by Crippen LogP contribution is 2.19. The molecule has 0 aliphatic carbocycles. The Balaban J connectivity index is 2.23. The maximum atomic E-state index is 12.1. The second kappa shape index (κ2) is 5.19. The Morgan fingerprint density at radius 1 is 1.00 bits per heavy atom. The number of benzene rings is 2. The molecule has 0 aromatic heterocycles. The Kier molecular flexibility index (Phi) is 3.62. The number of ether oxygens (including phenoxy) is 1. The molecule has 0 radical (unpaired) electrons. The fourth-order valence-electron chi connectivity index (χ4n) is 1.52. The van der Waals surface area contributed by atoms with Gasteiger partial charge in [0.15, 0.2) is 0 Å². The summed E-state index contributed by atoms with van der Waals surface area (Å²) in [5, 5.41) is 0. The molecule has 2 aromatic rings. The molecule has 0 unspecified atom stereocenters. The molecule has 0 fully saturated rings. The highest BCUT2D eigenvalue weighted by molar-refractivity contribution is 7.92. The van der Waals surface area contributed by atoms with E-state index in [4.69, 9.17) is 10.5 Å². The molecular weight excluding hydrogens is 264 g/mol. The Labute approximate surface area is 112 Å². The maximum absolute atomic E-state index is 12.1. The summed E-state index contributed by atoms with van der Waals surface area (Å²) in [7, 11) is -2.05. The first-order chi connectivity index (χ1) is 9.01. The smallest absolute Gasteiger partial charge is 0.261 e. The summed E-state index contributed by atoms with van der Waals surface area (Å²) in [6.45, 7) is 0. The molecule has 0 saturated heterocycles. The van der Waals surface area contributed by atoms with Gasteiger partial charge in [0.1, 0.15) is 5.75 Å². The molecular formula is C13H14N2O3S. The van der Waals surface area contributed by atoms with Gasteiger partial charge in [-0.1, -0.05) is 0 Å². The van der Waals surface area contributed by atoms with E-state index in [0.29, 0.717) is 17.1 Å². The molecule has 100 valence electrons. The van der Waals surface area contributed by atoms with Gasteiger partial charge in [-0.2, -0.15) is 0 Å². The van der Waals surface area contributed by atoms with E-state index >= 15 is 0 Å². The third kappa shape index (κ3) is 3.17. The maximum Gasteiger partial charge on any atom is 0.261 e. The number of sulfonamides is 1. The summed E-state index contributed by atoms with van der Waals surface area (Å²) in [6, 6.07) is 12.6. The largest absolute Gasteiger partial charge is 0.497 e. The van der Waals surface area contributed by atoms with Crippen molar-refractivity contribution in [3.8, 4) is 5.75 Å². The van der Waals surface area contributed by atoms with Crippen molar-refractivity contribution in [1.29, 1.82) is 0 Å². The van der Waals surface area contributed by atoms with Crippen LogP contribution < -0.4 is 15.2 Å². The summed E-state index contributed by atoms with van der Waals surface area (Å²) < 4.78 is 31.7. The van der Waals surface area contributed by atoms with E-state index in [1.165, 1.54) is 12.1 Å². The minimum atomic E-state index is -3.60. The Morgan fingerprint density at radius 3 is 2.11 bits per heavy atom. The molecule has 0 aliphatic rings. The highest BCUT2D eigenvalue weighted by atomic mass is 32.2. The van der Waals surface area contributed by atoms with Gasteiger partial charge in [-0.25, -0.2) is 8.42 Å². The van der Waals surface area contributed by atoms with E-state index in [-0.39, 0.29) is 4.90 Å². The van der Waals surface area contributed by atoms with Crippen molar-refractivity contribution in [2.45, 2.75) is 4.90 Å². The van der Waals surface area contributed by atoms with E-state index in [9.17, 15) is 8.42 Å². The van der Waals surface area contributed by atoms with Crippen molar-refractivity contribution in [2.24, 2.45) is 0 Å². The molecule has 2 rings (SSSR count). The van der Waals surface area contributed by atoms with Crippen LogP contribution in [0.4, 0.5) is 11.4 Å². The molecule has 3 N–H and O–H groups in total. The van der Waals surface area contributed by atoms with Crippen LogP contribution in [-0.4, -0.2) is 15.5 Å². The van der Waals surface area contributed by atoms with Gasteiger partial charge in [0.05, 0.1) is 12.0 Å². The monoisotopic (exact) mass is 278 g/mol. The first-order valence-electron chi connectivity index (χ1n) is 5.54. The fourth-order valence-corrected chi connectivity index (χ4v) is 2.58.